The van der Waals surface area contributed by atoms with Crippen molar-refractivity contribution in [3.63, 3.8) is 0 Å². The lowest BCUT2D eigenvalue weighted by Crippen LogP contribution is -2.30. The number of carbonyl (C=O) groups is 1. The number of hydrogen-bond acceptors (Lipinski definition) is 4. The number of nitrogens with zero attached hydrogens (tertiary/aromatic N) is 1. The van der Waals surface area contributed by atoms with E-state index in [-0.39, 0.29) is 5.78 Å². The van der Waals surface area contributed by atoms with Crippen LogP contribution in [0.2, 0.25) is 0 Å². The summed E-state index contributed by atoms with van der Waals surface area (Å²) in [5.74, 6) is -0.715. The summed E-state index contributed by atoms with van der Waals surface area (Å²) in [4.78, 5) is 13.5. The van der Waals surface area contributed by atoms with Crippen LogP contribution in [0.4, 0.5) is 0 Å². The Morgan fingerprint density at radius 1 is 1.00 bits per heavy atom. The summed E-state index contributed by atoms with van der Waals surface area (Å²) in [6, 6.07) is 20.4. The Bertz CT molecular complexity index is 948. The maximum absolute atomic E-state index is 14.5. The van der Waals surface area contributed by atoms with Crippen molar-refractivity contribution in [2.75, 3.05) is 19.4 Å². The fraction of sp³-hybridized carbons (Fsp3) is 0.269. The first-order chi connectivity index (χ1) is 15.0. The summed E-state index contributed by atoms with van der Waals surface area (Å²) in [7, 11) is -1.34. The van der Waals surface area contributed by atoms with Crippen LogP contribution < -0.4 is 0 Å². The molecule has 2 aromatic rings. The number of carbonyl (C=O) groups excluding carboxylic acids is 1. The van der Waals surface area contributed by atoms with E-state index in [1.807, 2.05) is 60.5 Å². The molecule has 31 heavy (non-hydrogen) atoms. The highest BCUT2D eigenvalue weighted by Crippen LogP contribution is 2.54. The molecule has 3 rings (SSSR count). The van der Waals surface area contributed by atoms with Crippen LogP contribution in [0.5, 0.6) is 0 Å². The summed E-state index contributed by atoms with van der Waals surface area (Å²) in [6.07, 6.45) is 11.7. The molecule has 1 atom stereocenters. The van der Waals surface area contributed by atoms with E-state index in [1.54, 1.807) is 6.20 Å². The molecule has 0 aliphatic carbocycles. The molecule has 2 aromatic carbocycles. The molecule has 0 saturated carbocycles. The lowest BCUT2D eigenvalue weighted by molar-refractivity contribution is -0.134. The molecule has 1 heterocycles. The predicted molar refractivity (Wildman–Crippen MR) is 127 cm³/mol. The zero-order valence-corrected chi connectivity index (χ0v) is 19.1. The second-order valence-corrected chi connectivity index (χ2v) is 11.1. The van der Waals surface area contributed by atoms with Gasteiger partial charge in [-0.1, -0.05) is 72.3 Å². The lowest BCUT2D eigenvalue weighted by Gasteiger charge is -2.35. The Balaban J connectivity index is 1.87. The van der Waals surface area contributed by atoms with Gasteiger partial charge in [-0.2, -0.15) is 0 Å². The number of methoxy groups -OCH3 is 1. The quantitative estimate of drug-likeness (QED) is 0.291. The van der Waals surface area contributed by atoms with E-state index in [4.69, 9.17) is 4.74 Å². The van der Waals surface area contributed by atoms with Crippen LogP contribution in [0.1, 0.15) is 18.1 Å². The van der Waals surface area contributed by atoms with Crippen molar-refractivity contribution in [3.05, 3.63) is 108 Å². The van der Waals surface area contributed by atoms with E-state index in [2.05, 4.69) is 30.3 Å². The van der Waals surface area contributed by atoms with Crippen LogP contribution >= 0.6 is 7.14 Å². The molecule has 0 amide bonds. The monoisotopic (exact) mass is 435 g/mol. The summed E-state index contributed by atoms with van der Waals surface area (Å²) in [5.41, 5.74) is 3.45. The van der Waals surface area contributed by atoms with Crippen LogP contribution in [0.25, 0.3) is 0 Å². The van der Waals surface area contributed by atoms with Crippen LogP contribution in [0, 0.1) is 0 Å². The van der Waals surface area contributed by atoms with Gasteiger partial charge in [0.15, 0.2) is 0 Å². The van der Waals surface area contributed by atoms with Crippen LogP contribution in [-0.2, 0) is 26.9 Å². The zero-order valence-electron chi connectivity index (χ0n) is 18.2. The van der Waals surface area contributed by atoms with Crippen LogP contribution in [-0.4, -0.2) is 36.1 Å². The summed E-state index contributed by atoms with van der Waals surface area (Å²) >= 11 is 0. The van der Waals surface area contributed by atoms with Crippen molar-refractivity contribution in [3.8, 4) is 0 Å². The lowest BCUT2D eigenvalue weighted by atomic mass is 10.2. The third-order valence-corrected chi connectivity index (χ3v) is 8.88. The van der Waals surface area contributed by atoms with Gasteiger partial charge >= 0.3 is 5.97 Å². The normalized spacial score (nSPS) is 16.4. The second-order valence-electron chi connectivity index (χ2n) is 7.80. The van der Waals surface area contributed by atoms with E-state index in [9.17, 15) is 9.36 Å². The van der Waals surface area contributed by atoms with Gasteiger partial charge < -0.3 is 14.2 Å². The van der Waals surface area contributed by atoms with Crippen molar-refractivity contribution < 1.29 is 14.1 Å². The summed E-state index contributed by atoms with van der Waals surface area (Å²) < 4.78 is 19.2. The van der Waals surface area contributed by atoms with Gasteiger partial charge in [-0.25, -0.2) is 4.79 Å². The number of hydrogen-bond donors (Lipinski definition) is 0. The molecule has 0 N–H and O–H groups in total. The first-order valence-corrected chi connectivity index (χ1v) is 12.7. The average Bonchev–Trinajstić information content (AvgIpc) is 2.81. The van der Waals surface area contributed by atoms with E-state index in [0.29, 0.717) is 12.3 Å². The number of rotatable bonds is 9. The van der Waals surface area contributed by atoms with Crippen LogP contribution in [0.3, 0.4) is 0 Å². The van der Waals surface area contributed by atoms with Crippen molar-refractivity contribution in [2.45, 2.75) is 25.5 Å². The highest BCUT2D eigenvalue weighted by molar-refractivity contribution is 7.64. The number of allylic oxidation sites excluding steroid dienone is 2. The standard InChI is InChI=1S/C26H30NO3P/c1-22-13-17-27(18-14-26(28)30-2)25(21-22)31(29,19-15-23-9-5-3-6-10-23)20-16-24-11-7-4-8-12-24/h3-14,17-18,21,25H,15-16,19-20H2,1-2H3/b18-14+. The van der Waals surface area contributed by atoms with Gasteiger partial charge in [-0.15, -0.1) is 0 Å². The van der Waals surface area contributed by atoms with Gasteiger partial charge in [0.05, 0.1) is 7.11 Å². The van der Waals surface area contributed by atoms with Crippen molar-refractivity contribution in [1.29, 1.82) is 0 Å². The number of ether oxygens (including phenoxy) is 1. The molecule has 5 heteroatoms. The maximum Gasteiger partial charge on any atom is 0.331 e. The summed E-state index contributed by atoms with van der Waals surface area (Å²) in [6.45, 7) is 2.02. The Hall–Kier alpha value is -2.84. The van der Waals surface area contributed by atoms with Gasteiger partial charge in [0.1, 0.15) is 12.9 Å². The van der Waals surface area contributed by atoms with Gasteiger partial charge in [0.2, 0.25) is 0 Å². The van der Waals surface area contributed by atoms with Crippen molar-refractivity contribution >= 4 is 13.1 Å². The first-order valence-electron chi connectivity index (χ1n) is 10.6. The second kappa shape index (κ2) is 11.0. The fourth-order valence-corrected chi connectivity index (χ4v) is 6.88. The molecule has 162 valence electrons. The zero-order chi connectivity index (χ0) is 22.1. The van der Waals surface area contributed by atoms with Gasteiger partial charge in [-0.3, -0.25) is 0 Å². The molecular weight excluding hydrogens is 405 g/mol. The van der Waals surface area contributed by atoms with E-state index in [0.717, 1.165) is 18.4 Å². The SMILES string of the molecule is COC(=O)/C=C/N1C=CC(C)=CC1P(=O)(CCc1ccccc1)CCc1ccccc1. The molecule has 1 aliphatic heterocycles. The Labute approximate surface area is 185 Å². The highest BCUT2D eigenvalue weighted by Gasteiger charge is 2.35. The van der Waals surface area contributed by atoms with Gasteiger partial charge in [0.25, 0.3) is 0 Å². The molecule has 0 bridgehead atoms. The van der Waals surface area contributed by atoms with Crippen molar-refractivity contribution in [1.82, 2.24) is 4.90 Å². The Morgan fingerprint density at radius 3 is 2.06 bits per heavy atom. The molecule has 0 fully saturated rings. The van der Waals surface area contributed by atoms with Gasteiger partial charge in [-0.05, 0) is 37.0 Å². The molecule has 0 saturated heterocycles. The topological polar surface area (TPSA) is 46.6 Å². The summed E-state index contributed by atoms with van der Waals surface area (Å²) in [5, 5.41) is 0. The number of aryl methyl sites for hydroxylation is 2. The minimum atomic E-state index is -2.69. The molecule has 0 spiro atoms. The minimum absolute atomic E-state index is 0.286. The molecule has 1 unspecified atom stereocenters. The maximum atomic E-state index is 14.5. The van der Waals surface area contributed by atoms with Gasteiger partial charge in [0, 0.05) is 30.8 Å². The highest BCUT2D eigenvalue weighted by atomic mass is 31.2. The van der Waals surface area contributed by atoms with E-state index < -0.39 is 13.1 Å². The Kier molecular flexibility index (Phi) is 8.08. The minimum Gasteiger partial charge on any atom is -0.466 e. The number of benzene rings is 2. The average molecular weight is 436 g/mol. The Morgan fingerprint density at radius 2 is 1.55 bits per heavy atom. The van der Waals surface area contributed by atoms with E-state index >= 15 is 0 Å². The number of esters is 1. The largest absolute Gasteiger partial charge is 0.466 e. The molecular formula is C26H30NO3P. The van der Waals surface area contributed by atoms with Crippen molar-refractivity contribution in [2.24, 2.45) is 0 Å². The molecule has 4 nitrogen and oxygen atoms in total. The van der Waals surface area contributed by atoms with Crippen LogP contribution in [0.15, 0.2) is 96.9 Å². The molecule has 0 radical (unpaired) electrons. The third kappa shape index (κ3) is 6.57. The first kappa shape index (κ1) is 22.8. The molecule has 0 aromatic heterocycles. The molecule has 1 aliphatic rings. The van der Waals surface area contributed by atoms with E-state index in [1.165, 1.54) is 24.3 Å². The third-order valence-electron chi connectivity index (χ3n) is 5.54. The fourth-order valence-electron chi connectivity index (χ4n) is 3.70. The predicted octanol–water partition coefficient (Wildman–Crippen LogP) is 5.62. The smallest absolute Gasteiger partial charge is 0.331 e.